The molecule has 0 saturated heterocycles. The molecule has 1 aromatic heterocycles. The van der Waals surface area contributed by atoms with Crippen LogP contribution < -0.4 is 10.5 Å². The van der Waals surface area contributed by atoms with Crippen LogP contribution in [0.2, 0.25) is 0 Å². The van der Waals surface area contributed by atoms with Gasteiger partial charge in [0.25, 0.3) is 0 Å². The van der Waals surface area contributed by atoms with Crippen molar-refractivity contribution < 1.29 is 4.74 Å². The zero-order valence-electron chi connectivity index (χ0n) is 10.6. The average molecular weight is 243 g/mol. The van der Waals surface area contributed by atoms with Gasteiger partial charge in [-0.2, -0.15) is 0 Å². The molecule has 2 unspecified atom stereocenters. The lowest BCUT2D eigenvalue weighted by Crippen LogP contribution is -2.07. The third kappa shape index (κ3) is 3.05. The minimum absolute atomic E-state index is 0.000345. The Hall–Kier alpha value is -1.94. The Morgan fingerprint density at radius 2 is 2.06 bits per heavy atom. The molecule has 94 valence electrons. The van der Waals surface area contributed by atoms with E-state index in [9.17, 15) is 0 Å². The maximum absolute atomic E-state index is 5.85. The van der Waals surface area contributed by atoms with Crippen LogP contribution in [0.15, 0.2) is 42.9 Å². The van der Waals surface area contributed by atoms with Crippen LogP contribution in [-0.2, 0) is 0 Å². The van der Waals surface area contributed by atoms with Crippen molar-refractivity contribution in [1.29, 1.82) is 0 Å². The highest BCUT2D eigenvalue weighted by atomic mass is 16.5. The first-order valence-corrected chi connectivity index (χ1v) is 5.95. The highest BCUT2D eigenvalue weighted by molar-refractivity contribution is 5.30. The van der Waals surface area contributed by atoms with E-state index in [4.69, 9.17) is 10.5 Å². The van der Waals surface area contributed by atoms with Crippen LogP contribution in [0.5, 0.6) is 5.75 Å². The molecule has 2 N–H and O–H groups in total. The number of ether oxygens (including phenoxy) is 1. The number of nitrogens with zero attached hydrogens (tertiary/aromatic N) is 2. The first-order valence-electron chi connectivity index (χ1n) is 5.95. The summed E-state index contributed by atoms with van der Waals surface area (Å²) in [5.74, 6) is 0.794. The van der Waals surface area contributed by atoms with E-state index >= 15 is 0 Å². The van der Waals surface area contributed by atoms with Gasteiger partial charge < -0.3 is 10.5 Å². The van der Waals surface area contributed by atoms with Crippen molar-refractivity contribution in [1.82, 2.24) is 9.97 Å². The van der Waals surface area contributed by atoms with Crippen molar-refractivity contribution in [3.05, 3.63) is 54.1 Å². The molecule has 0 fully saturated rings. The third-order valence-electron chi connectivity index (χ3n) is 2.70. The molecular weight excluding hydrogens is 226 g/mol. The predicted molar refractivity (Wildman–Crippen MR) is 70.1 cm³/mol. The second-order valence-electron chi connectivity index (χ2n) is 4.25. The van der Waals surface area contributed by atoms with Gasteiger partial charge in [-0.15, -0.1) is 0 Å². The summed E-state index contributed by atoms with van der Waals surface area (Å²) in [4.78, 5) is 8.25. The lowest BCUT2D eigenvalue weighted by molar-refractivity contribution is 0.221. The molecule has 1 heterocycles. The van der Waals surface area contributed by atoms with Gasteiger partial charge in [0.2, 0.25) is 0 Å². The van der Waals surface area contributed by atoms with E-state index in [1.165, 1.54) is 0 Å². The van der Waals surface area contributed by atoms with Crippen molar-refractivity contribution >= 4 is 0 Å². The average Bonchev–Trinajstić information content (AvgIpc) is 2.40. The van der Waals surface area contributed by atoms with Gasteiger partial charge in [-0.1, -0.05) is 12.1 Å². The first-order chi connectivity index (χ1) is 8.66. The fraction of sp³-hybridized carbons (Fsp3) is 0.286. The van der Waals surface area contributed by atoms with Crippen LogP contribution in [0.25, 0.3) is 0 Å². The smallest absolute Gasteiger partial charge is 0.139 e. The molecule has 2 rings (SSSR count). The number of hydrogen-bond acceptors (Lipinski definition) is 4. The summed E-state index contributed by atoms with van der Waals surface area (Å²) in [6.07, 6.45) is 4.88. The summed E-state index contributed by atoms with van der Waals surface area (Å²) < 4.78 is 5.83. The number of aromatic nitrogens is 2. The molecule has 4 nitrogen and oxygen atoms in total. The first kappa shape index (κ1) is 12.5. The number of nitrogens with two attached hydrogens (primary N) is 1. The highest BCUT2D eigenvalue weighted by Gasteiger charge is 2.09. The molecule has 0 aliphatic heterocycles. The van der Waals surface area contributed by atoms with Crippen LogP contribution in [-0.4, -0.2) is 9.97 Å². The van der Waals surface area contributed by atoms with Crippen LogP contribution in [0, 0.1) is 0 Å². The zero-order valence-corrected chi connectivity index (χ0v) is 10.6. The summed E-state index contributed by atoms with van der Waals surface area (Å²) >= 11 is 0. The van der Waals surface area contributed by atoms with Crippen molar-refractivity contribution in [3.8, 4) is 5.75 Å². The van der Waals surface area contributed by atoms with Gasteiger partial charge in [0, 0.05) is 18.4 Å². The van der Waals surface area contributed by atoms with E-state index in [0.717, 1.165) is 17.0 Å². The normalized spacial score (nSPS) is 13.9. The Bertz CT molecular complexity index is 499. The topological polar surface area (TPSA) is 61.0 Å². The Morgan fingerprint density at radius 3 is 2.72 bits per heavy atom. The van der Waals surface area contributed by atoms with Gasteiger partial charge in [0.1, 0.15) is 11.9 Å². The molecule has 2 atom stereocenters. The quantitative estimate of drug-likeness (QED) is 0.896. The molecule has 4 heteroatoms. The maximum atomic E-state index is 5.85. The minimum atomic E-state index is -0.137. The SMILES string of the molecule is CC(N)c1cccc(OC(C)c2cnccn2)c1. The van der Waals surface area contributed by atoms with E-state index in [-0.39, 0.29) is 12.1 Å². The largest absolute Gasteiger partial charge is 0.484 e. The standard InChI is InChI=1S/C14H17N3O/c1-10(15)12-4-3-5-13(8-12)18-11(2)14-9-16-6-7-17-14/h3-11H,15H2,1-2H3. The van der Waals surface area contributed by atoms with Gasteiger partial charge in [-0.05, 0) is 31.5 Å². The minimum Gasteiger partial charge on any atom is -0.484 e. The second kappa shape index (κ2) is 5.60. The van der Waals surface area contributed by atoms with Crippen LogP contribution >= 0.6 is 0 Å². The molecule has 2 aromatic rings. The summed E-state index contributed by atoms with van der Waals surface area (Å²) in [5, 5.41) is 0. The van der Waals surface area contributed by atoms with E-state index in [2.05, 4.69) is 9.97 Å². The number of benzene rings is 1. The van der Waals surface area contributed by atoms with Crippen LogP contribution in [0.1, 0.15) is 37.3 Å². The second-order valence-corrected chi connectivity index (χ2v) is 4.25. The van der Waals surface area contributed by atoms with Gasteiger partial charge in [-0.3, -0.25) is 9.97 Å². The van der Waals surface area contributed by atoms with E-state index in [0.29, 0.717) is 0 Å². The van der Waals surface area contributed by atoms with E-state index in [1.54, 1.807) is 18.6 Å². The summed E-state index contributed by atoms with van der Waals surface area (Å²) in [7, 11) is 0. The third-order valence-corrected chi connectivity index (χ3v) is 2.70. The molecule has 18 heavy (non-hydrogen) atoms. The van der Waals surface area contributed by atoms with Crippen molar-refractivity contribution in [2.75, 3.05) is 0 Å². The summed E-state index contributed by atoms with van der Waals surface area (Å²) in [5.41, 5.74) is 7.71. The lowest BCUT2D eigenvalue weighted by atomic mass is 10.1. The fourth-order valence-corrected chi connectivity index (χ4v) is 1.66. The molecule has 0 spiro atoms. The van der Waals surface area contributed by atoms with E-state index < -0.39 is 0 Å². The summed E-state index contributed by atoms with van der Waals surface area (Å²) in [6.45, 7) is 3.90. The fourth-order valence-electron chi connectivity index (χ4n) is 1.66. The van der Waals surface area contributed by atoms with Crippen LogP contribution in [0.3, 0.4) is 0 Å². The highest BCUT2D eigenvalue weighted by Crippen LogP contribution is 2.22. The van der Waals surface area contributed by atoms with Gasteiger partial charge in [-0.25, -0.2) is 0 Å². The molecule has 0 aliphatic rings. The molecule has 0 saturated carbocycles. The van der Waals surface area contributed by atoms with Crippen molar-refractivity contribution in [3.63, 3.8) is 0 Å². The molecule has 0 aliphatic carbocycles. The van der Waals surface area contributed by atoms with Crippen molar-refractivity contribution in [2.45, 2.75) is 26.0 Å². The Labute approximate surface area is 107 Å². The molecule has 0 radical (unpaired) electrons. The summed E-state index contributed by atoms with van der Waals surface area (Å²) in [6, 6.07) is 7.80. The monoisotopic (exact) mass is 243 g/mol. The molecule has 0 bridgehead atoms. The Balaban J connectivity index is 2.12. The predicted octanol–water partition coefficient (Wildman–Crippen LogP) is 2.64. The van der Waals surface area contributed by atoms with E-state index in [1.807, 2.05) is 38.1 Å². The molecule has 1 aromatic carbocycles. The maximum Gasteiger partial charge on any atom is 0.139 e. The molecular formula is C14H17N3O. The number of rotatable bonds is 4. The Kier molecular flexibility index (Phi) is 3.89. The van der Waals surface area contributed by atoms with Gasteiger partial charge in [0.05, 0.1) is 11.9 Å². The van der Waals surface area contributed by atoms with Gasteiger partial charge in [0.15, 0.2) is 0 Å². The van der Waals surface area contributed by atoms with Gasteiger partial charge >= 0.3 is 0 Å². The Morgan fingerprint density at radius 1 is 1.22 bits per heavy atom. The lowest BCUT2D eigenvalue weighted by Gasteiger charge is -2.15. The zero-order chi connectivity index (χ0) is 13.0. The van der Waals surface area contributed by atoms with Crippen LogP contribution in [0.4, 0.5) is 0 Å². The molecule has 0 amide bonds. The number of hydrogen-bond donors (Lipinski definition) is 1. The van der Waals surface area contributed by atoms with Crippen molar-refractivity contribution in [2.24, 2.45) is 5.73 Å².